The summed E-state index contributed by atoms with van der Waals surface area (Å²) in [4.78, 5) is 29.4. The van der Waals surface area contributed by atoms with E-state index in [1.165, 1.54) is 31.6 Å². The number of alkyl halides is 3. The van der Waals surface area contributed by atoms with Gasteiger partial charge in [-0.05, 0) is 38.1 Å². The first-order valence-electron chi connectivity index (χ1n) is 11.2. The van der Waals surface area contributed by atoms with E-state index in [2.05, 4.69) is 25.3 Å². The smallest absolute Gasteiger partial charge is 0.433 e. The second-order valence-electron chi connectivity index (χ2n) is 7.85. The predicted octanol–water partition coefficient (Wildman–Crippen LogP) is 4.06. The number of nitrogens with zero attached hydrogens (tertiary/aromatic N) is 4. The summed E-state index contributed by atoms with van der Waals surface area (Å²) in [5.41, 5.74) is 5.57. The standard InChI is InChI=1S/C24H23F3N6O4/c1-4-36-23-15(29-9-10-30-23)11-31-21(34)19-20(12(2)28)37-22(33-19)14-5-7-16(35-3)18-13(14)6-8-17(32-18)24(25,26)27/h5-10,12H,4,11,28H2,1-3H3,(H,31,34)/t12-/m0/s1. The van der Waals surface area contributed by atoms with E-state index in [1.807, 2.05) is 0 Å². The SMILES string of the molecule is CCOc1nccnc1CNC(=O)c1nc(-c2ccc(OC)c3nc(C(F)(F)F)ccc23)oc1[C@H](C)N. The summed E-state index contributed by atoms with van der Waals surface area (Å²) in [7, 11) is 1.33. The van der Waals surface area contributed by atoms with Gasteiger partial charge in [0, 0.05) is 23.3 Å². The minimum absolute atomic E-state index is 0.00179. The summed E-state index contributed by atoms with van der Waals surface area (Å²) in [5, 5.41) is 2.99. The molecule has 3 heterocycles. The van der Waals surface area contributed by atoms with Gasteiger partial charge in [0.05, 0.1) is 26.3 Å². The molecule has 0 saturated carbocycles. The number of nitrogens with one attached hydrogen (secondary N) is 1. The molecule has 4 aromatic rings. The Labute approximate surface area is 209 Å². The van der Waals surface area contributed by atoms with E-state index in [1.54, 1.807) is 19.9 Å². The second-order valence-corrected chi connectivity index (χ2v) is 7.85. The Balaban J connectivity index is 1.72. The molecule has 0 aliphatic heterocycles. The molecule has 1 amide bonds. The molecule has 0 bridgehead atoms. The number of carbonyl (C=O) groups is 1. The van der Waals surface area contributed by atoms with Crippen LogP contribution in [0.5, 0.6) is 11.6 Å². The quantitative estimate of drug-likeness (QED) is 0.355. The molecular formula is C24H23F3N6O4. The molecule has 0 unspecified atom stereocenters. The lowest BCUT2D eigenvalue weighted by molar-refractivity contribution is -0.140. The van der Waals surface area contributed by atoms with Crippen LogP contribution < -0.4 is 20.5 Å². The van der Waals surface area contributed by atoms with Crippen molar-refractivity contribution in [3.05, 3.63) is 59.5 Å². The van der Waals surface area contributed by atoms with E-state index in [4.69, 9.17) is 19.6 Å². The fraction of sp³-hybridized carbons (Fsp3) is 0.292. The highest BCUT2D eigenvalue weighted by atomic mass is 19.4. The van der Waals surface area contributed by atoms with E-state index in [9.17, 15) is 18.0 Å². The summed E-state index contributed by atoms with van der Waals surface area (Å²) in [5.74, 6) is -0.0859. The van der Waals surface area contributed by atoms with E-state index < -0.39 is 23.8 Å². The molecule has 194 valence electrons. The van der Waals surface area contributed by atoms with Crippen LogP contribution in [-0.4, -0.2) is 39.6 Å². The molecule has 0 aliphatic carbocycles. The molecule has 10 nitrogen and oxygen atoms in total. The van der Waals surface area contributed by atoms with Gasteiger partial charge < -0.3 is 24.9 Å². The second kappa shape index (κ2) is 10.4. The Morgan fingerprint density at radius 2 is 1.92 bits per heavy atom. The first-order valence-corrected chi connectivity index (χ1v) is 11.2. The Morgan fingerprint density at radius 3 is 2.59 bits per heavy atom. The molecule has 1 aromatic carbocycles. The number of aromatic nitrogens is 4. The number of rotatable bonds is 8. The highest BCUT2D eigenvalue weighted by Crippen LogP contribution is 2.37. The van der Waals surface area contributed by atoms with Gasteiger partial charge in [0.25, 0.3) is 5.91 Å². The zero-order valence-corrected chi connectivity index (χ0v) is 20.1. The van der Waals surface area contributed by atoms with Crippen LogP contribution in [0.25, 0.3) is 22.4 Å². The average Bonchev–Trinajstić information content (AvgIpc) is 3.32. The molecule has 1 atom stereocenters. The van der Waals surface area contributed by atoms with Gasteiger partial charge in [0.1, 0.15) is 22.7 Å². The summed E-state index contributed by atoms with van der Waals surface area (Å²) in [6.45, 7) is 3.78. The number of benzene rings is 1. The molecule has 0 fully saturated rings. The summed E-state index contributed by atoms with van der Waals surface area (Å²) >= 11 is 0. The van der Waals surface area contributed by atoms with Crippen molar-refractivity contribution in [3.8, 4) is 23.1 Å². The molecular weight excluding hydrogens is 493 g/mol. The Hall–Kier alpha value is -4.26. The minimum Gasteiger partial charge on any atom is -0.494 e. The number of hydrogen-bond acceptors (Lipinski definition) is 9. The fourth-order valence-electron chi connectivity index (χ4n) is 3.60. The summed E-state index contributed by atoms with van der Waals surface area (Å²) < 4.78 is 56.3. The first-order chi connectivity index (χ1) is 17.6. The van der Waals surface area contributed by atoms with E-state index in [0.29, 0.717) is 17.9 Å². The molecule has 0 aliphatic rings. The zero-order chi connectivity index (χ0) is 26.7. The van der Waals surface area contributed by atoms with Crippen molar-refractivity contribution in [3.63, 3.8) is 0 Å². The van der Waals surface area contributed by atoms with Gasteiger partial charge >= 0.3 is 6.18 Å². The third kappa shape index (κ3) is 5.31. The monoisotopic (exact) mass is 516 g/mol. The van der Waals surface area contributed by atoms with Crippen molar-refractivity contribution in [2.45, 2.75) is 32.6 Å². The molecule has 3 N–H and O–H groups in total. The topological polar surface area (TPSA) is 138 Å². The van der Waals surface area contributed by atoms with Gasteiger partial charge in [0.15, 0.2) is 11.5 Å². The molecule has 13 heteroatoms. The number of methoxy groups -OCH3 is 1. The van der Waals surface area contributed by atoms with Crippen LogP contribution in [0.4, 0.5) is 13.2 Å². The maximum atomic E-state index is 13.3. The van der Waals surface area contributed by atoms with Gasteiger partial charge in [-0.3, -0.25) is 9.78 Å². The van der Waals surface area contributed by atoms with Crippen molar-refractivity contribution in [1.82, 2.24) is 25.3 Å². The Morgan fingerprint density at radius 1 is 1.16 bits per heavy atom. The molecule has 0 radical (unpaired) electrons. The third-order valence-corrected chi connectivity index (χ3v) is 5.28. The van der Waals surface area contributed by atoms with Crippen LogP contribution in [0.2, 0.25) is 0 Å². The molecule has 0 spiro atoms. The molecule has 37 heavy (non-hydrogen) atoms. The number of pyridine rings is 1. The maximum absolute atomic E-state index is 13.3. The van der Waals surface area contributed by atoms with Gasteiger partial charge in [-0.1, -0.05) is 0 Å². The summed E-state index contributed by atoms with van der Waals surface area (Å²) in [6, 6.07) is 4.40. The van der Waals surface area contributed by atoms with Crippen molar-refractivity contribution in [2.24, 2.45) is 5.73 Å². The number of fused-ring (bicyclic) bond motifs is 1. The van der Waals surface area contributed by atoms with Crippen molar-refractivity contribution >= 4 is 16.8 Å². The van der Waals surface area contributed by atoms with Crippen molar-refractivity contribution in [2.75, 3.05) is 13.7 Å². The van der Waals surface area contributed by atoms with Gasteiger partial charge in [0.2, 0.25) is 11.8 Å². The number of nitrogens with two attached hydrogens (primary N) is 1. The molecule has 3 aromatic heterocycles. The van der Waals surface area contributed by atoms with Crippen LogP contribution in [0.3, 0.4) is 0 Å². The van der Waals surface area contributed by atoms with E-state index in [0.717, 1.165) is 6.07 Å². The van der Waals surface area contributed by atoms with Crippen LogP contribution >= 0.6 is 0 Å². The normalized spacial score (nSPS) is 12.4. The fourth-order valence-corrected chi connectivity index (χ4v) is 3.60. The van der Waals surface area contributed by atoms with Gasteiger partial charge in [-0.25, -0.2) is 15.0 Å². The number of oxazole rings is 1. The first kappa shape index (κ1) is 25.8. The maximum Gasteiger partial charge on any atom is 0.433 e. The number of carbonyl (C=O) groups excluding carboxylic acids is 1. The number of ether oxygens (including phenoxy) is 2. The van der Waals surface area contributed by atoms with Crippen LogP contribution in [0.1, 0.15) is 47.5 Å². The lowest BCUT2D eigenvalue weighted by atomic mass is 10.1. The predicted molar refractivity (Wildman–Crippen MR) is 126 cm³/mol. The highest BCUT2D eigenvalue weighted by molar-refractivity contribution is 5.98. The van der Waals surface area contributed by atoms with Crippen molar-refractivity contribution in [1.29, 1.82) is 0 Å². The van der Waals surface area contributed by atoms with Gasteiger partial charge in [-0.15, -0.1) is 0 Å². The molecule has 4 rings (SSSR count). The Kier molecular flexibility index (Phi) is 7.25. The van der Waals surface area contributed by atoms with E-state index >= 15 is 0 Å². The third-order valence-electron chi connectivity index (χ3n) is 5.28. The molecule has 0 saturated heterocycles. The highest BCUT2D eigenvalue weighted by Gasteiger charge is 2.33. The number of halogens is 3. The lowest BCUT2D eigenvalue weighted by Gasteiger charge is -2.11. The van der Waals surface area contributed by atoms with Crippen LogP contribution in [0, 0.1) is 0 Å². The number of amides is 1. The largest absolute Gasteiger partial charge is 0.494 e. The zero-order valence-electron chi connectivity index (χ0n) is 20.1. The number of hydrogen-bond donors (Lipinski definition) is 2. The lowest BCUT2D eigenvalue weighted by Crippen LogP contribution is -2.26. The average molecular weight is 516 g/mol. The van der Waals surface area contributed by atoms with Gasteiger partial charge in [-0.2, -0.15) is 13.2 Å². The van der Waals surface area contributed by atoms with Crippen molar-refractivity contribution < 1.29 is 31.9 Å². The summed E-state index contributed by atoms with van der Waals surface area (Å²) in [6.07, 6.45) is -1.70. The minimum atomic E-state index is -4.64. The van der Waals surface area contributed by atoms with E-state index in [-0.39, 0.29) is 46.4 Å². The van der Waals surface area contributed by atoms with Crippen LogP contribution in [-0.2, 0) is 12.7 Å². The van der Waals surface area contributed by atoms with Crippen LogP contribution in [0.15, 0.2) is 41.1 Å². The Bertz CT molecular complexity index is 1440.